The Morgan fingerprint density at radius 2 is 1.79 bits per heavy atom. The molecule has 0 aliphatic carbocycles. The van der Waals surface area contributed by atoms with E-state index in [1.54, 1.807) is 30.7 Å². The Morgan fingerprint density at radius 3 is 2.46 bits per heavy atom. The smallest absolute Gasteiger partial charge is 0.238 e. The number of morpholine rings is 1. The van der Waals surface area contributed by atoms with E-state index in [1.165, 1.54) is 17.6 Å². The molecule has 12 nitrogen and oxygen atoms in total. The number of fused-ring (bicyclic) bond motifs is 1. The quantitative estimate of drug-likeness (QED) is 0.402. The molecule has 2 aliphatic rings. The molecule has 14 heteroatoms. The zero-order valence-corrected chi connectivity index (χ0v) is 24.4. The van der Waals surface area contributed by atoms with Gasteiger partial charge in [0.15, 0.2) is 0 Å². The van der Waals surface area contributed by atoms with Gasteiger partial charge in [0.05, 0.1) is 49.2 Å². The summed E-state index contributed by atoms with van der Waals surface area (Å²) < 4.78 is 43.7. The van der Waals surface area contributed by atoms with E-state index < -0.39 is 10.0 Å². The predicted molar refractivity (Wildman–Crippen MR) is 152 cm³/mol. The van der Waals surface area contributed by atoms with Crippen molar-refractivity contribution in [2.24, 2.45) is 0 Å². The summed E-state index contributed by atoms with van der Waals surface area (Å²) in [6.45, 7) is 10.0. The molecule has 212 valence electrons. The van der Waals surface area contributed by atoms with Crippen molar-refractivity contribution < 1.29 is 22.6 Å². The van der Waals surface area contributed by atoms with Gasteiger partial charge >= 0.3 is 0 Å². The molecule has 5 heterocycles. The van der Waals surface area contributed by atoms with Crippen molar-refractivity contribution >= 4 is 43.2 Å². The number of rotatable bonds is 9. The lowest BCUT2D eigenvalue weighted by Crippen LogP contribution is -2.46. The fraction of sp³-hybridized carbons (Fsp3) is 0.560. The van der Waals surface area contributed by atoms with Crippen molar-refractivity contribution in [1.82, 2.24) is 24.8 Å². The van der Waals surface area contributed by atoms with Gasteiger partial charge in [-0.1, -0.05) is 0 Å². The maximum atomic E-state index is 12.0. The molecule has 1 N–H and O–H groups in total. The normalized spacial score (nSPS) is 17.6. The number of nitrogens with one attached hydrogen (secondary N) is 1. The Hall–Kier alpha value is -2.62. The number of pyridine rings is 1. The van der Waals surface area contributed by atoms with Crippen LogP contribution in [0.25, 0.3) is 21.5 Å². The van der Waals surface area contributed by atoms with E-state index in [1.807, 2.05) is 0 Å². The summed E-state index contributed by atoms with van der Waals surface area (Å²) in [4.78, 5) is 22.6. The largest absolute Gasteiger partial charge is 0.480 e. The molecule has 3 aromatic rings. The SMILES string of the molecule is COCN1CCN(Cc2c(C)sc3c(-c4cnc(OC)c(NS(C)(=O)=O)c4)nc(N4CCOCC4)nc23)CC1. The van der Waals surface area contributed by atoms with Crippen molar-refractivity contribution in [1.29, 1.82) is 0 Å². The molecule has 2 aliphatic heterocycles. The van der Waals surface area contributed by atoms with Crippen molar-refractivity contribution in [3.8, 4) is 17.1 Å². The second-order valence-corrected chi connectivity index (χ2v) is 12.7. The highest BCUT2D eigenvalue weighted by molar-refractivity contribution is 7.92. The molecule has 0 unspecified atom stereocenters. The first kappa shape index (κ1) is 27.9. The molecule has 0 aromatic carbocycles. The molecule has 0 radical (unpaired) electrons. The highest BCUT2D eigenvalue weighted by atomic mass is 32.2. The number of aromatic nitrogens is 3. The second-order valence-electron chi connectivity index (χ2n) is 9.75. The minimum atomic E-state index is -3.54. The highest BCUT2D eigenvalue weighted by Gasteiger charge is 2.25. The van der Waals surface area contributed by atoms with E-state index in [4.69, 9.17) is 24.2 Å². The number of hydrogen-bond donors (Lipinski definition) is 1. The van der Waals surface area contributed by atoms with Gasteiger partial charge < -0.3 is 19.1 Å². The lowest BCUT2D eigenvalue weighted by atomic mass is 10.1. The average molecular weight is 578 g/mol. The van der Waals surface area contributed by atoms with E-state index in [0.717, 1.165) is 54.9 Å². The molecule has 5 rings (SSSR count). The van der Waals surface area contributed by atoms with E-state index in [-0.39, 0.29) is 11.6 Å². The number of piperazine rings is 1. The Kier molecular flexibility index (Phi) is 8.49. The molecule has 2 saturated heterocycles. The minimum Gasteiger partial charge on any atom is -0.480 e. The molecule has 39 heavy (non-hydrogen) atoms. The number of sulfonamides is 1. The lowest BCUT2D eigenvalue weighted by Gasteiger charge is -2.34. The van der Waals surface area contributed by atoms with Crippen LogP contribution >= 0.6 is 11.3 Å². The molecular weight excluding hydrogens is 542 g/mol. The maximum absolute atomic E-state index is 12.0. The van der Waals surface area contributed by atoms with Crippen LogP contribution in [0.5, 0.6) is 5.88 Å². The fourth-order valence-corrected chi connectivity index (χ4v) is 6.57. The maximum Gasteiger partial charge on any atom is 0.238 e. The monoisotopic (exact) mass is 577 g/mol. The number of aryl methyl sites for hydroxylation is 1. The summed E-state index contributed by atoms with van der Waals surface area (Å²) in [6, 6.07) is 1.72. The number of anilines is 2. The number of nitrogens with zero attached hydrogens (tertiary/aromatic N) is 6. The van der Waals surface area contributed by atoms with Crippen molar-refractivity contribution in [2.75, 3.05) is 89.3 Å². The summed E-state index contributed by atoms with van der Waals surface area (Å²) in [7, 11) is -0.354. The Bertz CT molecular complexity index is 1420. The number of hydrogen-bond acceptors (Lipinski definition) is 12. The lowest BCUT2D eigenvalue weighted by molar-refractivity contribution is 0.0252. The zero-order chi connectivity index (χ0) is 27.6. The van der Waals surface area contributed by atoms with Crippen LogP contribution in [0, 0.1) is 6.92 Å². The Balaban J connectivity index is 1.58. The summed E-state index contributed by atoms with van der Waals surface area (Å²) >= 11 is 1.66. The molecule has 2 fully saturated rings. The third kappa shape index (κ3) is 6.42. The van der Waals surface area contributed by atoms with Gasteiger partial charge in [-0.2, -0.15) is 0 Å². The highest BCUT2D eigenvalue weighted by Crippen LogP contribution is 2.39. The molecule has 0 saturated carbocycles. The second kappa shape index (κ2) is 11.9. The summed E-state index contributed by atoms with van der Waals surface area (Å²) in [6.07, 6.45) is 2.77. The third-order valence-electron chi connectivity index (χ3n) is 6.89. The molecule has 0 bridgehead atoms. The van der Waals surface area contributed by atoms with Gasteiger partial charge in [-0.3, -0.25) is 14.5 Å². The molecular formula is C25H35N7O5S2. The zero-order valence-electron chi connectivity index (χ0n) is 22.8. The molecule has 0 spiro atoms. The van der Waals surface area contributed by atoms with E-state index in [0.29, 0.717) is 44.5 Å². The van der Waals surface area contributed by atoms with Crippen LogP contribution in [0.1, 0.15) is 10.4 Å². The van der Waals surface area contributed by atoms with Gasteiger partial charge in [-0.25, -0.2) is 23.4 Å². The van der Waals surface area contributed by atoms with Crippen LogP contribution in [0.3, 0.4) is 0 Å². The average Bonchev–Trinajstić information content (AvgIpc) is 3.23. The number of thiophene rings is 1. The minimum absolute atomic E-state index is 0.193. The van der Waals surface area contributed by atoms with Crippen LogP contribution < -0.4 is 14.4 Å². The van der Waals surface area contributed by atoms with E-state index in [9.17, 15) is 8.42 Å². The first-order chi connectivity index (χ1) is 18.8. The van der Waals surface area contributed by atoms with Gasteiger partial charge in [0.1, 0.15) is 5.69 Å². The van der Waals surface area contributed by atoms with Gasteiger partial charge in [-0.05, 0) is 13.0 Å². The van der Waals surface area contributed by atoms with Crippen LogP contribution in [0.15, 0.2) is 12.3 Å². The van der Waals surface area contributed by atoms with Gasteiger partial charge in [0.25, 0.3) is 0 Å². The Morgan fingerprint density at radius 1 is 1.08 bits per heavy atom. The standard InChI is InChI=1S/C25H35N7O5S2/c1-17-19(15-30-5-7-31(8-6-30)16-35-2)22-23(38-17)21(27-25(28-22)32-9-11-37-12-10-32)18-13-20(29-39(4,33)34)24(36-3)26-14-18/h13-14,29H,5-12,15-16H2,1-4H3. The number of ether oxygens (including phenoxy) is 3. The first-order valence-electron chi connectivity index (χ1n) is 12.8. The van der Waals surface area contributed by atoms with Crippen LogP contribution in [0.2, 0.25) is 0 Å². The van der Waals surface area contributed by atoms with E-state index in [2.05, 4.69) is 31.3 Å². The van der Waals surface area contributed by atoms with Gasteiger partial charge in [0.2, 0.25) is 21.9 Å². The first-order valence-corrected chi connectivity index (χ1v) is 15.5. The van der Waals surface area contributed by atoms with Gasteiger partial charge in [0, 0.05) is 75.1 Å². The summed E-state index contributed by atoms with van der Waals surface area (Å²) in [5, 5.41) is 0. The van der Waals surface area contributed by atoms with E-state index >= 15 is 0 Å². The number of methoxy groups -OCH3 is 2. The predicted octanol–water partition coefficient (Wildman–Crippen LogP) is 2.00. The topological polar surface area (TPSA) is 122 Å². The summed E-state index contributed by atoms with van der Waals surface area (Å²) in [5.74, 6) is 0.830. The Labute approximate surface area is 232 Å². The van der Waals surface area contributed by atoms with Crippen molar-refractivity contribution in [3.63, 3.8) is 0 Å². The van der Waals surface area contributed by atoms with Crippen LogP contribution in [0.4, 0.5) is 11.6 Å². The molecule has 0 atom stereocenters. The fourth-order valence-electron chi connectivity index (χ4n) is 4.91. The summed E-state index contributed by atoms with van der Waals surface area (Å²) in [5.41, 5.74) is 3.79. The van der Waals surface area contributed by atoms with Crippen molar-refractivity contribution in [2.45, 2.75) is 13.5 Å². The van der Waals surface area contributed by atoms with Crippen LogP contribution in [-0.2, 0) is 26.0 Å². The molecule has 3 aromatic heterocycles. The van der Waals surface area contributed by atoms with Crippen molar-refractivity contribution in [3.05, 3.63) is 22.7 Å². The van der Waals surface area contributed by atoms with Gasteiger partial charge in [-0.15, -0.1) is 11.3 Å². The molecule has 0 amide bonds. The third-order valence-corrected chi connectivity index (χ3v) is 8.62. The van der Waals surface area contributed by atoms with Crippen LogP contribution in [-0.4, -0.2) is 113 Å².